The van der Waals surface area contributed by atoms with Crippen molar-refractivity contribution in [3.8, 4) is 0 Å². The van der Waals surface area contributed by atoms with Crippen molar-refractivity contribution < 1.29 is 14.3 Å². The predicted octanol–water partition coefficient (Wildman–Crippen LogP) is 2.27. The first-order valence-corrected chi connectivity index (χ1v) is 6.21. The third-order valence-corrected chi connectivity index (χ3v) is 4.36. The highest BCUT2D eigenvalue weighted by Crippen LogP contribution is 2.66. The first kappa shape index (κ1) is 10.5. The molecule has 0 spiro atoms. The summed E-state index contributed by atoms with van der Waals surface area (Å²) in [6, 6.07) is 0. The minimum absolute atomic E-state index is 0.132. The summed E-state index contributed by atoms with van der Waals surface area (Å²) in [4.78, 5) is 11.4. The largest absolute Gasteiger partial charge is 0.323 e. The van der Waals surface area contributed by atoms with Crippen molar-refractivity contribution in [3.63, 3.8) is 0 Å². The van der Waals surface area contributed by atoms with Gasteiger partial charge in [-0.3, -0.25) is 0 Å². The Kier molecular flexibility index (Phi) is 2.41. The minimum Gasteiger partial charge on any atom is -0.323 e. The third kappa shape index (κ3) is 1.31. The summed E-state index contributed by atoms with van der Waals surface area (Å²) >= 11 is 0. The van der Waals surface area contributed by atoms with E-state index in [0.29, 0.717) is 11.8 Å². The standard InChI is InChI=1S/C13H18O3/c1-9-15-12(16-9)13(8-14)10-6-4-2-3-5-7-11(10)13/h2-3,8-12H,4-7H2,1H3/b3-2-/t9?,10-,11+,12?,13?. The first-order chi connectivity index (χ1) is 7.79. The fraction of sp³-hybridized carbons (Fsp3) is 0.769. The molecule has 0 N–H and O–H groups in total. The predicted molar refractivity (Wildman–Crippen MR) is 58.5 cm³/mol. The van der Waals surface area contributed by atoms with Crippen LogP contribution < -0.4 is 0 Å². The van der Waals surface area contributed by atoms with E-state index in [-0.39, 0.29) is 18.0 Å². The molecule has 1 heterocycles. The van der Waals surface area contributed by atoms with Gasteiger partial charge in [0.2, 0.25) is 0 Å². The van der Waals surface area contributed by atoms with Crippen molar-refractivity contribution in [2.24, 2.45) is 17.3 Å². The van der Waals surface area contributed by atoms with Gasteiger partial charge < -0.3 is 14.3 Å². The molecule has 1 aliphatic heterocycles. The smallest absolute Gasteiger partial charge is 0.176 e. The third-order valence-electron chi connectivity index (χ3n) is 4.36. The second kappa shape index (κ2) is 3.67. The highest BCUT2D eigenvalue weighted by atomic mass is 16.9. The van der Waals surface area contributed by atoms with Gasteiger partial charge in [-0.1, -0.05) is 12.2 Å². The lowest BCUT2D eigenvalue weighted by Crippen LogP contribution is -2.47. The van der Waals surface area contributed by atoms with Crippen LogP contribution in [0.5, 0.6) is 0 Å². The van der Waals surface area contributed by atoms with Gasteiger partial charge in [0.1, 0.15) is 6.29 Å². The maximum atomic E-state index is 11.4. The summed E-state index contributed by atoms with van der Waals surface area (Å²) in [5, 5.41) is 0. The highest BCUT2D eigenvalue weighted by molar-refractivity contribution is 5.67. The number of ether oxygens (including phenoxy) is 2. The molecular formula is C13H18O3. The summed E-state index contributed by atoms with van der Waals surface area (Å²) < 4.78 is 11.1. The van der Waals surface area contributed by atoms with Gasteiger partial charge in [0.25, 0.3) is 0 Å². The summed E-state index contributed by atoms with van der Waals surface area (Å²) in [5.41, 5.74) is -0.321. The molecule has 3 atom stereocenters. The summed E-state index contributed by atoms with van der Waals surface area (Å²) in [6.07, 6.45) is 9.52. The molecule has 3 aliphatic rings. The molecular weight excluding hydrogens is 204 g/mol. The van der Waals surface area contributed by atoms with Crippen molar-refractivity contribution in [2.45, 2.75) is 45.2 Å². The Labute approximate surface area is 95.8 Å². The Morgan fingerprint density at radius 3 is 2.19 bits per heavy atom. The summed E-state index contributed by atoms with van der Waals surface area (Å²) in [6.45, 7) is 1.88. The highest BCUT2D eigenvalue weighted by Gasteiger charge is 2.70. The number of carbonyl (C=O) groups is 1. The molecule has 0 amide bonds. The van der Waals surface area contributed by atoms with Gasteiger partial charge in [-0.2, -0.15) is 0 Å². The topological polar surface area (TPSA) is 35.5 Å². The molecule has 0 aromatic carbocycles. The lowest BCUT2D eigenvalue weighted by Gasteiger charge is -2.38. The number of hydrogen-bond donors (Lipinski definition) is 0. The van der Waals surface area contributed by atoms with Crippen molar-refractivity contribution >= 4 is 6.29 Å². The van der Waals surface area contributed by atoms with Crippen molar-refractivity contribution in [3.05, 3.63) is 12.2 Å². The number of aldehydes is 1. The molecule has 0 aromatic heterocycles. The molecule has 1 saturated carbocycles. The molecule has 3 nitrogen and oxygen atoms in total. The number of fused-ring (bicyclic) bond motifs is 1. The van der Waals surface area contributed by atoms with Gasteiger partial charge >= 0.3 is 0 Å². The van der Waals surface area contributed by atoms with E-state index in [1.54, 1.807) is 0 Å². The minimum atomic E-state index is -0.321. The van der Waals surface area contributed by atoms with Crippen molar-refractivity contribution in [1.29, 1.82) is 0 Å². The monoisotopic (exact) mass is 222 g/mol. The zero-order chi connectivity index (χ0) is 11.2. The molecule has 3 rings (SSSR count). The molecule has 1 unspecified atom stereocenters. The number of hydrogen-bond acceptors (Lipinski definition) is 3. The fourth-order valence-corrected chi connectivity index (χ4v) is 3.45. The Balaban J connectivity index is 1.75. The quantitative estimate of drug-likeness (QED) is 0.531. The van der Waals surface area contributed by atoms with Crippen LogP contribution in [-0.4, -0.2) is 18.9 Å². The van der Waals surface area contributed by atoms with Gasteiger partial charge in [-0.05, 0) is 44.4 Å². The number of rotatable bonds is 2. The Morgan fingerprint density at radius 2 is 1.75 bits per heavy atom. The van der Waals surface area contributed by atoms with Crippen LogP contribution in [0.15, 0.2) is 12.2 Å². The second-order valence-electron chi connectivity index (χ2n) is 5.13. The van der Waals surface area contributed by atoms with Crippen LogP contribution in [-0.2, 0) is 14.3 Å². The van der Waals surface area contributed by atoms with E-state index in [2.05, 4.69) is 12.2 Å². The second-order valence-corrected chi connectivity index (χ2v) is 5.13. The zero-order valence-corrected chi connectivity index (χ0v) is 9.59. The van der Waals surface area contributed by atoms with Crippen molar-refractivity contribution in [2.75, 3.05) is 0 Å². The molecule has 0 aromatic rings. The van der Waals surface area contributed by atoms with Gasteiger partial charge in [-0.15, -0.1) is 0 Å². The van der Waals surface area contributed by atoms with Crippen LogP contribution >= 0.6 is 0 Å². The van der Waals surface area contributed by atoms with E-state index in [1.165, 1.54) is 0 Å². The summed E-state index contributed by atoms with van der Waals surface area (Å²) in [7, 11) is 0. The van der Waals surface area contributed by atoms with Gasteiger partial charge in [0.15, 0.2) is 12.6 Å². The maximum absolute atomic E-state index is 11.4. The van der Waals surface area contributed by atoms with Gasteiger partial charge in [-0.25, -0.2) is 0 Å². The Morgan fingerprint density at radius 1 is 1.19 bits per heavy atom. The fourth-order valence-electron chi connectivity index (χ4n) is 3.45. The maximum Gasteiger partial charge on any atom is 0.176 e. The summed E-state index contributed by atoms with van der Waals surface area (Å²) in [5.74, 6) is 0.958. The molecule has 1 saturated heterocycles. The number of allylic oxidation sites excluding steroid dienone is 2. The van der Waals surface area contributed by atoms with Gasteiger partial charge in [0.05, 0.1) is 5.41 Å². The van der Waals surface area contributed by atoms with Crippen LogP contribution in [0.3, 0.4) is 0 Å². The molecule has 16 heavy (non-hydrogen) atoms. The van der Waals surface area contributed by atoms with Crippen molar-refractivity contribution in [1.82, 2.24) is 0 Å². The lowest BCUT2D eigenvalue weighted by atomic mass is 10.00. The van der Waals surface area contributed by atoms with Crippen LogP contribution in [0.4, 0.5) is 0 Å². The van der Waals surface area contributed by atoms with E-state index in [1.807, 2.05) is 6.92 Å². The average Bonchev–Trinajstić information content (AvgIpc) is 2.79. The average molecular weight is 222 g/mol. The molecule has 0 bridgehead atoms. The first-order valence-electron chi connectivity index (χ1n) is 6.21. The van der Waals surface area contributed by atoms with E-state index >= 15 is 0 Å². The SMILES string of the molecule is CC1OC(C2(C=O)[C@@H]3CC/C=C\CC[C@@H]32)O1. The lowest BCUT2D eigenvalue weighted by molar-refractivity contribution is -0.394. The van der Waals surface area contributed by atoms with E-state index in [0.717, 1.165) is 32.0 Å². The molecule has 3 heteroatoms. The zero-order valence-electron chi connectivity index (χ0n) is 9.59. The van der Waals surface area contributed by atoms with Crippen LogP contribution in [0.2, 0.25) is 0 Å². The van der Waals surface area contributed by atoms with E-state index in [4.69, 9.17) is 9.47 Å². The molecule has 0 radical (unpaired) electrons. The Bertz CT molecular complexity index is 301. The number of carbonyl (C=O) groups excluding carboxylic acids is 1. The Hall–Kier alpha value is -0.670. The normalized spacial score (nSPS) is 52.8. The van der Waals surface area contributed by atoms with Crippen LogP contribution in [0, 0.1) is 17.3 Å². The van der Waals surface area contributed by atoms with E-state index in [9.17, 15) is 4.79 Å². The molecule has 2 fully saturated rings. The van der Waals surface area contributed by atoms with Gasteiger partial charge in [0, 0.05) is 0 Å². The van der Waals surface area contributed by atoms with Crippen LogP contribution in [0.25, 0.3) is 0 Å². The van der Waals surface area contributed by atoms with E-state index < -0.39 is 0 Å². The molecule has 88 valence electrons. The van der Waals surface area contributed by atoms with Crippen LogP contribution in [0.1, 0.15) is 32.6 Å². The molecule has 2 aliphatic carbocycles.